The quantitative estimate of drug-likeness (QED) is 0.358. The number of nitriles is 1. The van der Waals surface area contributed by atoms with E-state index >= 15 is 0 Å². The normalized spacial score (nSPS) is 3.71. The maximum Gasteiger partial charge on any atom is 0.0815 e. The Labute approximate surface area is 42.5 Å². The molecule has 0 spiro atoms. The van der Waals surface area contributed by atoms with E-state index in [0.717, 1.165) is 7.11 Å². The molecule has 7 heavy (non-hydrogen) atoms. The Morgan fingerprint density at radius 3 is 1.86 bits per heavy atom. The minimum Gasteiger partial charge on any atom is -0.412 e. The van der Waals surface area contributed by atoms with Gasteiger partial charge in [-0.05, 0) is 0 Å². The summed E-state index contributed by atoms with van der Waals surface area (Å²) in [4.78, 5) is 0. The van der Waals surface area contributed by atoms with Gasteiger partial charge in [0.05, 0.1) is 12.6 Å². The highest BCUT2D eigenvalue weighted by Crippen LogP contribution is 1.25. The molecule has 0 aromatic rings. The van der Waals surface area contributed by atoms with Crippen LogP contribution in [0.15, 0.2) is 0 Å². The number of hydrogen-bond acceptors (Lipinski definition) is 3. The lowest BCUT2D eigenvalue weighted by atomic mass is 10.8. The molecule has 0 fully saturated rings. The topological polar surface area (TPSA) is 102 Å². The number of aliphatic hydroxyl groups excluding tert-OH is 1. The van der Waals surface area contributed by atoms with Gasteiger partial charge >= 0.3 is 0 Å². The summed E-state index contributed by atoms with van der Waals surface area (Å²) >= 11 is 0. The van der Waals surface area contributed by atoms with Crippen molar-refractivity contribution in [1.82, 2.24) is 0 Å². The third-order valence-corrected chi connectivity index (χ3v) is 0.0913. The zero-order valence-corrected chi connectivity index (χ0v) is 4.18. The smallest absolute Gasteiger partial charge is 0.0815 e. The van der Waals surface area contributed by atoms with Crippen molar-refractivity contribution in [2.75, 3.05) is 13.7 Å². The summed E-state index contributed by atoms with van der Waals surface area (Å²) in [6.45, 7) is 0.125. The average Bonchev–Trinajstić information content (AvgIpc) is 1.72. The van der Waals surface area contributed by atoms with Crippen LogP contribution in [0.4, 0.5) is 0 Å². The van der Waals surface area contributed by atoms with Crippen LogP contribution in [-0.4, -0.2) is 24.2 Å². The predicted octanol–water partition coefficient (Wildman–Crippen LogP) is -1.75. The molecule has 0 saturated carbocycles. The lowest BCUT2D eigenvalue weighted by molar-refractivity contribution is 0.399. The van der Waals surface area contributed by atoms with Crippen LogP contribution in [0.1, 0.15) is 0 Å². The van der Waals surface area contributed by atoms with Gasteiger partial charge in [-0.15, -0.1) is 0 Å². The molecule has 0 aromatic carbocycles. The predicted molar refractivity (Wildman–Crippen MR) is 26.4 cm³/mol. The summed E-state index contributed by atoms with van der Waals surface area (Å²) in [6, 6.07) is 1.71. The summed E-state index contributed by atoms with van der Waals surface area (Å²) in [6.07, 6.45) is 0. The fourth-order valence-corrected chi connectivity index (χ4v) is 0. The zero-order chi connectivity index (χ0) is 5.41. The molecule has 44 valence electrons. The SMILES string of the molecule is CO.N#CCN.O. The standard InChI is InChI=1S/C2H4N2.CH4O.H2O/c3-1-2-4;1-2;/h1,3H2;2H,1H3;1H2. The van der Waals surface area contributed by atoms with Gasteiger partial charge in [0.15, 0.2) is 0 Å². The van der Waals surface area contributed by atoms with Crippen molar-refractivity contribution >= 4 is 0 Å². The lowest BCUT2D eigenvalue weighted by Crippen LogP contribution is -1.91. The summed E-state index contributed by atoms with van der Waals surface area (Å²) < 4.78 is 0. The van der Waals surface area contributed by atoms with Gasteiger partial charge in [0.25, 0.3) is 0 Å². The molecule has 0 atom stereocenters. The second-order valence-corrected chi connectivity index (χ2v) is 0.362. The molecule has 0 saturated heterocycles. The van der Waals surface area contributed by atoms with Crippen LogP contribution in [0.3, 0.4) is 0 Å². The second-order valence-electron chi connectivity index (χ2n) is 0.362. The lowest BCUT2D eigenvalue weighted by Gasteiger charge is -1.51. The molecule has 0 aliphatic carbocycles. The minimum atomic E-state index is 0. The van der Waals surface area contributed by atoms with Gasteiger partial charge in [-0.1, -0.05) is 0 Å². The second kappa shape index (κ2) is 54.6. The van der Waals surface area contributed by atoms with Crippen LogP contribution in [-0.2, 0) is 0 Å². The summed E-state index contributed by atoms with van der Waals surface area (Å²) in [5.41, 5.74) is 4.67. The minimum absolute atomic E-state index is 0. The van der Waals surface area contributed by atoms with Crippen molar-refractivity contribution in [2.24, 2.45) is 5.73 Å². The number of nitrogens with zero attached hydrogens (tertiary/aromatic N) is 1. The molecular weight excluding hydrogens is 96.0 g/mol. The molecule has 0 aliphatic rings. The Kier molecular flexibility index (Phi) is 126. The Morgan fingerprint density at radius 2 is 1.86 bits per heavy atom. The third-order valence-electron chi connectivity index (χ3n) is 0.0913. The molecule has 4 nitrogen and oxygen atoms in total. The van der Waals surface area contributed by atoms with E-state index in [0.29, 0.717) is 0 Å². The first kappa shape index (κ1) is 16.2. The van der Waals surface area contributed by atoms with Crippen LogP contribution in [0.2, 0.25) is 0 Å². The van der Waals surface area contributed by atoms with Gasteiger partial charge in [-0.25, -0.2) is 0 Å². The van der Waals surface area contributed by atoms with Gasteiger partial charge in [-0.3, -0.25) is 0 Å². The molecule has 0 heterocycles. The van der Waals surface area contributed by atoms with Crippen molar-refractivity contribution in [3.8, 4) is 6.07 Å². The summed E-state index contributed by atoms with van der Waals surface area (Å²) in [7, 11) is 1.00. The number of aliphatic hydroxyl groups is 1. The molecule has 4 heteroatoms. The fraction of sp³-hybridized carbons (Fsp3) is 0.667. The fourth-order valence-electron chi connectivity index (χ4n) is 0. The summed E-state index contributed by atoms with van der Waals surface area (Å²) in [5.74, 6) is 0. The highest BCUT2D eigenvalue weighted by Gasteiger charge is 1.48. The molecule has 0 aromatic heterocycles. The Hall–Kier alpha value is -0.630. The number of hydrogen-bond donors (Lipinski definition) is 2. The first-order chi connectivity index (χ1) is 2.91. The molecule has 0 aliphatic heterocycles. The molecule has 0 bridgehead atoms. The number of nitrogens with two attached hydrogens (primary N) is 1. The van der Waals surface area contributed by atoms with Gasteiger partial charge < -0.3 is 16.3 Å². The van der Waals surface area contributed by atoms with Crippen molar-refractivity contribution in [1.29, 1.82) is 5.26 Å². The summed E-state index contributed by atoms with van der Waals surface area (Å²) in [5, 5.41) is 14.5. The van der Waals surface area contributed by atoms with Crippen molar-refractivity contribution in [3.63, 3.8) is 0 Å². The van der Waals surface area contributed by atoms with Crippen LogP contribution in [0.25, 0.3) is 0 Å². The number of rotatable bonds is 0. The van der Waals surface area contributed by atoms with Crippen molar-refractivity contribution in [2.45, 2.75) is 0 Å². The van der Waals surface area contributed by atoms with Gasteiger partial charge in [0.2, 0.25) is 0 Å². The van der Waals surface area contributed by atoms with Gasteiger partial charge in [0, 0.05) is 7.11 Å². The van der Waals surface area contributed by atoms with E-state index in [9.17, 15) is 0 Å². The van der Waals surface area contributed by atoms with E-state index in [1.165, 1.54) is 0 Å². The maximum absolute atomic E-state index is 7.50. The molecule has 0 amide bonds. The van der Waals surface area contributed by atoms with E-state index in [1.54, 1.807) is 6.07 Å². The van der Waals surface area contributed by atoms with Gasteiger partial charge in [0.1, 0.15) is 0 Å². The average molecular weight is 106 g/mol. The van der Waals surface area contributed by atoms with E-state index in [2.05, 4.69) is 5.73 Å². The molecule has 5 N–H and O–H groups in total. The van der Waals surface area contributed by atoms with Crippen molar-refractivity contribution < 1.29 is 10.6 Å². The molecular formula is C3H10N2O2. The van der Waals surface area contributed by atoms with Crippen LogP contribution in [0, 0.1) is 11.3 Å². The van der Waals surface area contributed by atoms with E-state index < -0.39 is 0 Å². The highest BCUT2D eigenvalue weighted by molar-refractivity contribution is 4.67. The van der Waals surface area contributed by atoms with Gasteiger partial charge in [-0.2, -0.15) is 5.26 Å². The first-order valence-corrected chi connectivity index (χ1v) is 1.43. The van der Waals surface area contributed by atoms with E-state index in [1.807, 2.05) is 0 Å². The van der Waals surface area contributed by atoms with Crippen LogP contribution < -0.4 is 5.73 Å². The molecule has 0 radical (unpaired) electrons. The molecule has 0 rings (SSSR count). The third kappa shape index (κ3) is 445. The Bertz CT molecular complexity index is 40.7. The van der Waals surface area contributed by atoms with Crippen molar-refractivity contribution in [3.05, 3.63) is 0 Å². The zero-order valence-electron chi connectivity index (χ0n) is 4.18. The highest BCUT2D eigenvalue weighted by atomic mass is 16.2. The Balaban J connectivity index is -0.0000000480. The van der Waals surface area contributed by atoms with Crippen LogP contribution in [0.5, 0.6) is 0 Å². The Morgan fingerprint density at radius 1 is 1.71 bits per heavy atom. The largest absolute Gasteiger partial charge is 0.412 e. The van der Waals surface area contributed by atoms with E-state index in [-0.39, 0.29) is 12.0 Å². The first-order valence-electron chi connectivity index (χ1n) is 1.43. The monoisotopic (exact) mass is 106 g/mol. The van der Waals surface area contributed by atoms with Crippen LogP contribution >= 0.6 is 0 Å². The maximum atomic E-state index is 7.50. The molecule has 0 unspecified atom stereocenters. The van der Waals surface area contributed by atoms with E-state index in [4.69, 9.17) is 10.4 Å².